The number of carbonyl (C=O) groups excluding carboxylic acids is 1. The minimum Gasteiger partial charge on any atom is -0.376 e. The second-order valence-corrected chi connectivity index (χ2v) is 7.77. The van der Waals surface area contributed by atoms with Gasteiger partial charge in [0.1, 0.15) is 5.25 Å². The normalized spacial score (nSPS) is 17.1. The van der Waals surface area contributed by atoms with E-state index in [1.165, 1.54) is 11.8 Å². The zero-order valence-corrected chi connectivity index (χ0v) is 16.5. The van der Waals surface area contributed by atoms with Crippen molar-refractivity contribution in [2.75, 3.05) is 13.2 Å². The van der Waals surface area contributed by atoms with E-state index in [2.05, 4.69) is 16.2 Å². The number of nitrogens with one attached hydrogen (secondary N) is 3. The first-order chi connectivity index (χ1) is 13.2. The van der Waals surface area contributed by atoms with Crippen molar-refractivity contribution < 1.29 is 9.53 Å². The fourth-order valence-corrected chi connectivity index (χ4v) is 3.96. The van der Waals surface area contributed by atoms with E-state index in [0.29, 0.717) is 11.7 Å². The highest BCUT2D eigenvalue weighted by atomic mass is 32.2. The lowest BCUT2D eigenvalue weighted by atomic mass is 10.1. The van der Waals surface area contributed by atoms with Gasteiger partial charge in [0.25, 0.3) is 5.91 Å². The molecule has 27 heavy (non-hydrogen) atoms. The van der Waals surface area contributed by atoms with Gasteiger partial charge in [-0.15, -0.1) is 11.8 Å². The first-order valence-electron chi connectivity index (χ1n) is 8.94. The summed E-state index contributed by atoms with van der Waals surface area (Å²) in [6.45, 7) is 1.45. The Bertz CT molecular complexity index is 737. The fraction of sp³-hybridized carbons (Fsp3) is 0.300. The van der Waals surface area contributed by atoms with Crippen molar-refractivity contribution in [1.82, 2.24) is 16.2 Å². The Morgan fingerprint density at radius 1 is 1.11 bits per heavy atom. The molecule has 0 saturated carbocycles. The van der Waals surface area contributed by atoms with Gasteiger partial charge in [-0.05, 0) is 42.8 Å². The molecule has 2 atom stereocenters. The molecule has 0 radical (unpaired) electrons. The lowest BCUT2D eigenvalue weighted by Crippen LogP contribution is -2.49. The molecule has 1 amide bonds. The quantitative estimate of drug-likeness (QED) is 0.393. The number of hydrogen-bond acceptors (Lipinski definition) is 4. The number of benzene rings is 2. The number of hydrogen-bond donors (Lipinski definition) is 3. The van der Waals surface area contributed by atoms with E-state index in [-0.39, 0.29) is 17.3 Å². The van der Waals surface area contributed by atoms with Crippen LogP contribution in [0.2, 0.25) is 0 Å². The SMILES string of the molecule is O=C(NNC(=S)NC[C@@H]1CCCO1)[C@H](Sc1ccccc1)c1ccccc1. The average molecular weight is 402 g/mol. The molecule has 1 aliphatic rings. The number of carbonyl (C=O) groups is 1. The Hall–Kier alpha value is -2.09. The fourth-order valence-electron chi connectivity index (χ4n) is 2.78. The summed E-state index contributed by atoms with van der Waals surface area (Å²) >= 11 is 6.74. The van der Waals surface area contributed by atoms with Crippen LogP contribution in [0.3, 0.4) is 0 Å². The van der Waals surface area contributed by atoms with Crippen molar-refractivity contribution >= 4 is 35.0 Å². The topological polar surface area (TPSA) is 62.4 Å². The number of thiocarbonyl (C=S) groups is 1. The van der Waals surface area contributed by atoms with Gasteiger partial charge in [-0.2, -0.15) is 0 Å². The van der Waals surface area contributed by atoms with Crippen LogP contribution in [0, 0.1) is 0 Å². The van der Waals surface area contributed by atoms with Crippen LogP contribution in [0.1, 0.15) is 23.7 Å². The van der Waals surface area contributed by atoms with E-state index < -0.39 is 0 Å². The predicted molar refractivity (Wildman–Crippen MR) is 112 cm³/mol. The van der Waals surface area contributed by atoms with Crippen molar-refractivity contribution in [2.45, 2.75) is 29.1 Å². The summed E-state index contributed by atoms with van der Waals surface area (Å²) < 4.78 is 5.55. The zero-order chi connectivity index (χ0) is 18.9. The minimum absolute atomic E-state index is 0.156. The van der Waals surface area contributed by atoms with Crippen LogP contribution in [0.15, 0.2) is 65.6 Å². The molecule has 5 nitrogen and oxygen atoms in total. The summed E-state index contributed by atoms with van der Waals surface area (Å²) in [5.74, 6) is -0.156. The van der Waals surface area contributed by atoms with Crippen LogP contribution in [0.5, 0.6) is 0 Å². The van der Waals surface area contributed by atoms with E-state index in [9.17, 15) is 4.79 Å². The van der Waals surface area contributed by atoms with E-state index in [1.54, 1.807) is 0 Å². The Balaban J connectivity index is 1.56. The summed E-state index contributed by atoms with van der Waals surface area (Å²) in [6, 6.07) is 19.6. The lowest BCUT2D eigenvalue weighted by Gasteiger charge is -2.19. The largest absolute Gasteiger partial charge is 0.376 e. The third-order valence-corrected chi connectivity index (χ3v) is 5.66. The molecule has 1 saturated heterocycles. The number of ether oxygens (including phenoxy) is 1. The summed E-state index contributed by atoms with van der Waals surface area (Å²) in [6.07, 6.45) is 2.30. The molecular weight excluding hydrogens is 378 g/mol. The molecule has 7 heteroatoms. The van der Waals surface area contributed by atoms with Crippen molar-refractivity contribution in [1.29, 1.82) is 0 Å². The Morgan fingerprint density at radius 3 is 2.48 bits per heavy atom. The highest BCUT2D eigenvalue weighted by molar-refractivity contribution is 8.00. The molecular formula is C20H23N3O2S2. The molecule has 2 aromatic rings. The summed E-state index contributed by atoms with van der Waals surface area (Å²) in [5, 5.41) is 3.08. The lowest BCUT2D eigenvalue weighted by molar-refractivity contribution is -0.121. The van der Waals surface area contributed by atoms with Gasteiger partial charge < -0.3 is 10.1 Å². The molecule has 2 aromatic carbocycles. The van der Waals surface area contributed by atoms with Crippen LogP contribution >= 0.6 is 24.0 Å². The summed E-state index contributed by atoms with van der Waals surface area (Å²) in [7, 11) is 0. The van der Waals surface area contributed by atoms with E-state index >= 15 is 0 Å². The van der Waals surface area contributed by atoms with Crippen molar-refractivity contribution in [3.63, 3.8) is 0 Å². The van der Waals surface area contributed by atoms with Crippen molar-refractivity contribution in [3.05, 3.63) is 66.2 Å². The molecule has 1 aliphatic heterocycles. The Labute approximate surface area is 169 Å². The van der Waals surface area contributed by atoms with Gasteiger partial charge in [0.05, 0.1) is 6.10 Å². The van der Waals surface area contributed by atoms with Crippen LogP contribution < -0.4 is 16.2 Å². The van der Waals surface area contributed by atoms with E-state index in [0.717, 1.165) is 29.9 Å². The molecule has 0 aromatic heterocycles. The third-order valence-electron chi connectivity index (χ3n) is 4.15. The van der Waals surface area contributed by atoms with Gasteiger partial charge in [-0.25, -0.2) is 0 Å². The molecule has 3 rings (SSSR count). The van der Waals surface area contributed by atoms with Crippen LogP contribution in [-0.2, 0) is 9.53 Å². The Kier molecular flexibility index (Phi) is 7.50. The van der Waals surface area contributed by atoms with Gasteiger partial charge in [0, 0.05) is 18.0 Å². The average Bonchev–Trinajstić information content (AvgIpc) is 3.24. The number of thioether (sulfide) groups is 1. The van der Waals surface area contributed by atoms with Crippen LogP contribution in [0.4, 0.5) is 0 Å². The molecule has 1 heterocycles. The first-order valence-corrected chi connectivity index (χ1v) is 10.2. The van der Waals surface area contributed by atoms with Gasteiger partial charge >= 0.3 is 0 Å². The highest BCUT2D eigenvalue weighted by Gasteiger charge is 2.22. The number of hydrazine groups is 1. The van der Waals surface area contributed by atoms with Gasteiger partial charge in [-0.1, -0.05) is 48.5 Å². The summed E-state index contributed by atoms with van der Waals surface area (Å²) in [5.41, 5.74) is 6.45. The van der Waals surface area contributed by atoms with E-state index in [1.807, 2.05) is 60.7 Å². The number of amides is 1. The van der Waals surface area contributed by atoms with Crippen LogP contribution in [-0.4, -0.2) is 30.3 Å². The molecule has 3 N–H and O–H groups in total. The third kappa shape index (κ3) is 6.23. The molecule has 142 valence electrons. The predicted octanol–water partition coefficient (Wildman–Crippen LogP) is 3.19. The maximum Gasteiger partial charge on any atom is 0.256 e. The maximum absolute atomic E-state index is 12.8. The molecule has 0 spiro atoms. The standard InChI is InChI=1S/C20H23N3O2S2/c24-19(22-23-20(26)21-14-16-10-7-13-25-16)18(15-8-3-1-4-9-15)27-17-11-5-2-6-12-17/h1-6,8-9,11-12,16,18H,7,10,13-14H2,(H,22,24)(H2,21,23,26)/t16-,18+/m0/s1. The molecule has 0 unspecified atom stereocenters. The summed E-state index contributed by atoms with van der Waals surface area (Å²) in [4.78, 5) is 13.8. The first kappa shape index (κ1) is 19.7. The molecule has 0 bridgehead atoms. The molecule has 1 fully saturated rings. The van der Waals surface area contributed by atoms with Crippen LogP contribution in [0.25, 0.3) is 0 Å². The smallest absolute Gasteiger partial charge is 0.256 e. The second-order valence-electron chi connectivity index (χ2n) is 6.18. The van der Waals surface area contributed by atoms with Crippen molar-refractivity contribution in [2.24, 2.45) is 0 Å². The maximum atomic E-state index is 12.8. The van der Waals surface area contributed by atoms with Gasteiger partial charge in [0.2, 0.25) is 0 Å². The Morgan fingerprint density at radius 2 is 1.81 bits per heavy atom. The minimum atomic E-state index is -0.387. The zero-order valence-electron chi connectivity index (χ0n) is 14.9. The second kappa shape index (κ2) is 10.3. The van der Waals surface area contributed by atoms with Crippen molar-refractivity contribution in [3.8, 4) is 0 Å². The monoisotopic (exact) mass is 401 g/mol. The van der Waals surface area contributed by atoms with E-state index in [4.69, 9.17) is 17.0 Å². The highest BCUT2D eigenvalue weighted by Crippen LogP contribution is 2.35. The molecule has 0 aliphatic carbocycles. The number of rotatable bonds is 6. The van der Waals surface area contributed by atoms with Gasteiger partial charge in [-0.3, -0.25) is 15.6 Å². The van der Waals surface area contributed by atoms with Gasteiger partial charge in [0.15, 0.2) is 5.11 Å².